The average molecular weight is 610 g/mol. The Bertz CT molecular complexity index is 677. The number of carbonyl (C=O) groups excluding carboxylic acids is 2. The first-order chi connectivity index (χ1) is 20.4. The summed E-state index contributed by atoms with van der Waals surface area (Å²) < 4.78 is 11.4. The molecule has 0 rings (SSSR count). The highest BCUT2D eigenvalue weighted by molar-refractivity contribution is 5.70. The second kappa shape index (κ2) is 26.1. The first kappa shape index (κ1) is 41.9. The lowest BCUT2D eigenvalue weighted by Gasteiger charge is -2.24. The predicted octanol–water partition coefficient (Wildman–Crippen LogP) is 10.5. The zero-order valence-electron chi connectivity index (χ0n) is 30.6. The van der Waals surface area contributed by atoms with E-state index in [1.165, 1.54) is 64.2 Å². The third-order valence-corrected chi connectivity index (χ3v) is 9.52. The zero-order chi connectivity index (χ0) is 32.6. The molecule has 256 valence electrons. The van der Waals surface area contributed by atoms with Crippen LogP contribution in [0.15, 0.2) is 0 Å². The lowest BCUT2D eigenvalue weighted by molar-refractivity contribution is -0.149. The molecule has 0 saturated carbocycles. The summed E-state index contributed by atoms with van der Waals surface area (Å²) in [5.74, 6) is 3.74. The van der Waals surface area contributed by atoms with Gasteiger partial charge in [-0.05, 0) is 62.4 Å². The predicted molar refractivity (Wildman–Crippen MR) is 184 cm³/mol. The van der Waals surface area contributed by atoms with Crippen molar-refractivity contribution in [3.8, 4) is 0 Å². The summed E-state index contributed by atoms with van der Waals surface area (Å²) in [4.78, 5) is 27.3. The minimum atomic E-state index is -0.0966. The van der Waals surface area contributed by atoms with Crippen molar-refractivity contribution in [3.63, 3.8) is 0 Å². The van der Waals surface area contributed by atoms with Crippen LogP contribution < -0.4 is 0 Å². The summed E-state index contributed by atoms with van der Waals surface area (Å²) >= 11 is 0. The molecule has 0 heterocycles. The molecule has 0 amide bonds. The number of esters is 2. The van der Waals surface area contributed by atoms with Crippen LogP contribution in [0.25, 0.3) is 0 Å². The third kappa shape index (κ3) is 24.9. The second-order valence-corrected chi connectivity index (χ2v) is 15.0. The molecule has 0 saturated heterocycles. The fourth-order valence-electron chi connectivity index (χ4n) is 6.03. The second-order valence-electron chi connectivity index (χ2n) is 15.0. The van der Waals surface area contributed by atoms with Crippen molar-refractivity contribution in [2.75, 3.05) is 27.3 Å². The van der Waals surface area contributed by atoms with Crippen molar-refractivity contribution in [1.29, 1.82) is 0 Å². The molecular weight excluding hydrogens is 534 g/mol. The summed E-state index contributed by atoms with van der Waals surface area (Å²) in [6.07, 6.45) is 18.7. The van der Waals surface area contributed by atoms with Gasteiger partial charge in [0.2, 0.25) is 0 Å². The van der Waals surface area contributed by atoms with Crippen LogP contribution in [0, 0.1) is 35.5 Å². The molecule has 0 aromatic rings. The van der Waals surface area contributed by atoms with Crippen LogP contribution in [0.4, 0.5) is 0 Å². The van der Waals surface area contributed by atoms with Crippen LogP contribution in [0.2, 0.25) is 0 Å². The molecule has 5 atom stereocenters. The van der Waals surface area contributed by atoms with E-state index in [0.717, 1.165) is 49.4 Å². The molecule has 0 aliphatic rings. The van der Waals surface area contributed by atoms with Gasteiger partial charge in [0.15, 0.2) is 0 Å². The van der Waals surface area contributed by atoms with Gasteiger partial charge in [-0.2, -0.15) is 0 Å². The minimum Gasteiger partial charge on any atom is -0.466 e. The Morgan fingerprint density at radius 1 is 0.558 bits per heavy atom. The van der Waals surface area contributed by atoms with Gasteiger partial charge in [0.05, 0.1) is 6.61 Å². The summed E-state index contributed by atoms with van der Waals surface area (Å²) in [6.45, 7) is 19.0. The fourth-order valence-corrected chi connectivity index (χ4v) is 6.03. The highest BCUT2D eigenvalue weighted by Gasteiger charge is 2.19. The lowest BCUT2D eigenvalue weighted by atomic mass is 9.91. The van der Waals surface area contributed by atoms with Crippen molar-refractivity contribution in [2.45, 2.75) is 171 Å². The van der Waals surface area contributed by atoms with E-state index < -0.39 is 0 Å². The van der Waals surface area contributed by atoms with Crippen molar-refractivity contribution >= 4 is 11.9 Å². The topological polar surface area (TPSA) is 55.8 Å². The van der Waals surface area contributed by atoms with Gasteiger partial charge in [0.25, 0.3) is 0 Å². The molecule has 0 fully saturated rings. The number of rotatable bonds is 28. The maximum Gasteiger partial charge on any atom is 0.306 e. The fraction of sp³-hybridized carbons (Fsp3) is 0.947. The molecule has 0 radical (unpaired) electrons. The normalized spacial score (nSPS) is 15.5. The minimum absolute atomic E-state index is 0.0441. The number of hydrogen-bond donors (Lipinski definition) is 0. The van der Waals surface area contributed by atoms with Crippen LogP contribution in [0.1, 0.15) is 165 Å². The van der Waals surface area contributed by atoms with Crippen molar-refractivity contribution in [2.24, 2.45) is 35.5 Å². The number of ether oxygens (including phenoxy) is 2. The van der Waals surface area contributed by atoms with E-state index in [4.69, 9.17) is 9.47 Å². The molecule has 0 aliphatic carbocycles. The molecule has 0 spiro atoms. The van der Waals surface area contributed by atoms with E-state index in [9.17, 15) is 9.59 Å². The average Bonchev–Trinajstić information content (AvgIpc) is 2.93. The van der Waals surface area contributed by atoms with Crippen LogP contribution in [-0.4, -0.2) is 50.2 Å². The SMILES string of the molecule is CCC(CCCC(C)CCCC(C)C)CC(=O)OCCC(COC(=O)CC(CC)CCCC(C)CCCC(C)C)N(C)C. The van der Waals surface area contributed by atoms with E-state index in [1.807, 2.05) is 14.1 Å². The van der Waals surface area contributed by atoms with Gasteiger partial charge in [-0.1, -0.05) is 132 Å². The van der Waals surface area contributed by atoms with Crippen molar-refractivity contribution in [3.05, 3.63) is 0 Å². The van der Waals surface area contributed by atoms with Crippen LogP contribution in [0.5, 0.6) is 0 Å². The van der Waals surface area contributed by atoms with Gasteiger partial charge in [-0.3, -0.25) is 9.59 Å². The summed E-state index contributed by atoms with van der Waals surface area (Å²) in [7, 11) is 3.99. The van der Waals surface area contributed by atoms with E-state index >= 15 is 0 Å². The van der Waals surface area contributed by atoms with E-state index in [0.29, 0.717) is 44.3 Å². The Labute approximate surface area is 269 Å². The van der Waals surface area contributed by atoms with E-state index in [2.05, 4.69) is 60.3 Å². The molecular formula is C38H75NO4. The molecule has 5 nitrogen and oxygen atoms in total. The maximum absolute atomic E-state index is 12.7. The van der Waals surface area contributed by atoms with Gasteiger partial charge in [-0.15, -0.1) is 0 Å². The van der Waals surface area contributed by atoms with Crippen LogP contribution in [-0.2, 0) is 19.1 Å². The summed E-state index contributed by atoms with van der Waals surface area (Å²) in [5, 5.41) is 0. The highest BCUT2D eigenvalue weighted by Crippen LogP contribution is 2.24. The van der Waals surface area contributed by atoms with Crippen LogP contribution >= 0.6 is 0 Å². The molecule has 5 heteroatoms. The largest absolute Gasteiger partial charge is 0.466 e. The molecule has 0 N–H and O–H groups in total. The van der Waals surface area contributed by atoms with Crippen LogP contribution in [0.3, 0.4) is 0 Å². The smallest absolute Gasteiger partial charge is 0.306 e. The lowest BCUT2D eigenvalue weighted by Crippen LogP contribution is -2.35. The molecule has 0 bridgehead atoms. The highest BCUT2D eigenvalue weighted by atomic mass is 16.5. The quantitative estimate of drug-likeness (QED) is 0.0826. The number of hydrogen-bond acceptors (Lipinski definition) is 5. The van der Waals surface area contributed by atoms with Crippen molar-refractivity contribution in [1.82, 2.24) is 4.90 Å². The van der Waals surface area contributed by atoms with Crippen molar-refractivity contribution < 1.29 is 19.1 Å². The standard InChI is InChI=1S/C38H75NO4/c1-11-34(23-15-21-32(7)19-13-17-30(3)4)27-37(40)42-26-25-36(39(9)10)29-43-38(41)28-35(12-2)24-16-22-33(8)20-14-18-31(5)6/h30-36H,11-29H2,1-10H3. The Kier molecular flexibility index (Phi) is 25.5. The monoisotopic (exact) mass is 610 g/mol. The Balaban J connectivity index is 4.29. The number of likely N-dealkylation sites (N-methyl/N-ethyl adjacent to an activating group) is 1. The van der Waals surface area contributed by atoms with E-state index in [1.54, 1.807) is 0 Å². The van der Waals surface area contributed by atoms with Gasteiger partial charge >= 0.3 is 11.9 Å². The Morgan fingerprint density at radius 3 is 1.33 bits per heavy atom. The van der Waals surface area contributed by atoms with Gasteiger partial charge in [-0.25, -0.2) is 0 Å². The Hall–Kier alpha value is -1.10. The number of nitrogens with zero attached hydrogens (tertiary/aromatic N) is 1. The Morgan fingerprint density at radius 2 is 0.953 bits per heavy atom. The van der Waals surface area contributed by atoms with E-state index in [-0.39, 0.29) is 18.0 Å². The van der Waals surface area contributed by atoms with Gasteiger partial charge in [0.1, 0.15) is 6.61 Å². The summed E-state index contributed by atoms with van der Waals surface area (Å²) in [5.41, 5.74) is 0. The molecule has 43 heavy (non-hydrogen) atoms. The third-order valence-electron chi connectivity index (χ3n) is 9.52. The summed E-state index contributed by atoms with van der Waals surface area (Å²) in [6, 6.07) is 0.0441. The molecule has 0 aliphatic heterocycles. The molecule has 0 aromatic carbocycles. The molecule has 5 unspecified atom stereocenters. The van der Waals surface area contributed by atoms with Gasteiger partial charge < -0.3 is 14.4 Å². The molecule has 0 aromatic heterocycles. The number of carbonyl (C=O) groups is 2. The first-order valence-corrected chi connectivity index (χ1v) is 18.3. The maximum atomic E-state index is 12.7. The van der Waals surface area contributed by atoms with Gasteiger partial charge in [0, 0.05) is 25.3 Å². The zero-order valence-corrected chi connectivity index (χ0v) is 30.6. The first-order valence-electron chi connectivity index (χ1n) is 18.3.